The molecule has 4 aromatic carbocycles. The molecule has 0 saturated carbocycles. The summed E-state index contributed by atoms with van der Waals surface area (Å²) < 4.78 is 0. The largest absolute Gasteiger partial charge is 0.480 e. The van der Waals surface area contributed by atoms with Gasteiger partial charge < -0.3 is 25.5 Å². The third kappa shape index (κ3) is 5.74. The van der Waals surface area contributed by atoms with Crippen molar-refractivity contribution >= 4 is 40.3 Å². The van der Waals surface area contributed by atoms with Crippen LogP contribution in [0.4, 0.5) is 4.79 Å². The highest BCUT2D eigenvalue weighted by Crippen LogP contribution is 2.28. The topological polar surface area (TPSA) is 161 Å². The van der Waals surface area contributed by atoms with Crippen LogP contribution in [-0.4, -0.2) is 68.4 Å². The molecule has 0 aromatic heterocycles. The molecule has 42 heavy (non-hydrogen) atoms. The number of rotatable bonds is 9. The van der Waals surface area contributed by atoms with Gasteiger partial charge in [-0.15, -0.1) is 0 Å². The molecule has 10 nitrogen and oxygen atoms in total. The number of carboxylic acids is 2. The Bertz CT molecular complexity index is 1750. The maximum absolute atomic E-state index is 13.3. The number of hydrogen-bond acceptors (Lipinski definition) is 6. The normalized spacial score (nSPS) is 13.5. The molecule has 1 aliphatic carbocycles. The molecule has 212 valence electrons. The van der Waals surface area contributed by atoms with E-state index in [1.54, 1.807) is 30.3 Å². The summed E-state index contributed by atoms with van der Waals surface area (Å²) in [7, 11) is 0. The lowest BCUT2D eigenvalue weighted by atomic mass is 9.83. The third-order valence-corrected chi connectivity index (χ3v) is 7.18. The first-order valence-corrected chi connectivity index (χ1v) is 13.1. The molecule has 5 rings (SSSR count). The standard InChI is InChI=1S/C32H26N2O8/c35-27(31(40)41)17-34(16-19-10-12-24-25(14-19)29(37)23-8-4-3-7-22(23)28(24)36)32(42)33-26(30(38)39)15-18-9-11-20-5-1-2-6-21(20)13-18/h1-14,26-27,35H,15-17H2,(H,33,42)(H,38,39)(H,40,41)/t26-,27-/m0/s1. The van der Waals surface area contributed by atoms with E-state index >= 15 is 0 Å². The maximum Gasteiger partial charge on any atom is 0.334 e. The average Bonchev–Trinajstić information content (AvgIpc) is 2.98. The number of carboxylic acid groups (broad SMARTS) is 2. The van der Waals surface area contributed by atoms with Gasteiger partial charge in [-0.25, -0.2) is 14.4 Å². The van der Waals surface area contributed by atoms with Crippen LogP contribution in [0, 0.1) is 0 Å². The van der Waals surface area contributed by atoms with Gasteiger partial charge in [0.2, 0.25) is 0 Å². The summed E-state index contributed by atoms with van der Waals surface area (Å²) in [6.45, 7) is -0.925. The van der Waals surface area contributed by atoms with Gasteiger partial charge >= 0.3 is 18.0 Å². The lowest BCUT2D eigenvalue weighted by Gasteiger charge is -2.27. The average molecular weight is 567 g/mol. The molecule has 0 heterocycles. The molecule has 4 aromatic rings. The van der Waals surface area contributed by atoms with Crippen molar-refractivity contribution in [3.63, 3.8) is 0 Å². The van der Waals surface area contributed by atoms with Crippen molar-refractivity contribution in [1.29, 1.82) is 0 Å². The fourth-order valence-electron chi connectivity index (χ4n) is 5.01. The van der Waals surface area contributed by atoms with Crippen LogP contribution in [0.3, 0.4) is 0 Å². The molecule has 0 unspecified atom stereocenters. The summed E-state index contributed by atoms with van der Waals surface area (Å²) in [5.74, 6) is -3.56. The molecule has 0 spiro atoms. The van der Waals surface area contributed by atoms with Crippen LogP contribution in [0.1, 0.15) is 43.0 Å². The van der Waals surface area contributed by atoms with Crippen LogP contribution >= 0.6 is 0 Å². The number of aliphatic hydroxyl groups is 1. The second-order valence-electron chi connectivity index (χ2n) is 10.0. The van der Waals surface area contributed by atoms with Gasteiger partial charge in [0, 0.05) is 35.2 Å². The molecule has 0 radical (unpaired) electrons. The van der Waals surface area contributed by atoms with Crippen LogP contribution in [0.2, 0.25) is 0 Å². The predicted octanol–water partition coefficient (Wildman–Crippen LogP) is 3.27. The Hall–Kier alpha value is -5.35. The first-order valence-electron chi connectivity index (χ1n) is 13.1. The van der Waals surface area contributed by atoms with E-state index in [9.17, 15) is 39.3 Å². The first kappa shape index (κ1) is 28.2. The molecular formula is C32H26N2O8. The highest BCUT2D eigenvalue weighted by atomic mass is 16.4. The minimum Gasteiger partial charge on any atom is -0.480 e. The Kier molecular flexibility index (Phi) is 7.81. The quantitative estimate of drug-likeness (QED) is 0.211. The SMILES string of the molecule is O=C1c2ccccc2C(=O)c2cc(CN(C[C@H](O)C(=O)O)C(=O)N[C@@H](Cc3ccc4ccccc4c3)C(=O)O)ccc21. The molecule has 2 amide bonds. The first-order chi connectivity index (χ1) is 20.1. The van der Waals surface area contributed by atoms with Crippen LogP contribution in [0.5, 0.6) is 0 Å². The number of urea groups is 1. The van der Waals surface area contributed by atoms with Crippen molar-refractivity contribution in [3.8, 4) is 0 Å². The summed E-state index contributed by atoms with van der Waals surface area (Å²) in [4.78, 5) is 63.8. The van der Waals surface area contributed by atoms with Crippen molar-refractivity contribution < 1.29 is 39.3 Å². The Balaban J connectivity index is 1.39. The smallest absolute Gasteiger partial charge is 0.334 e. The Morgan fingerprint density at radius 1 is 0.690 bits per heavy atom. The zero-order valence-electron chi connectivity index (χ0n) is 22.2. The van der Waals surface area contributed by atoms with E-state index in [0.717, 1.165) is 15.7 Å². The van der Waals surface area contributed by atoms with E-state index in [4.69, 9.17) is 0 Å². The van der Waals surface area contributed by atoms with E-state index in [-0.39, 0.29) is 41.2 Å². The van der Waals surface area contributed by atoms with E-state index < -0.39 is 36.7 Å². The summed E-state index contributed by atoms with van der Waals surface area (Å²) >= 11 is 0. The van der Waals surface area contributed by atoms with E-state index in [0.29, 0.717) is 16.7 Å². The number of carbonyl (C=O) groups is 5. The third-order valence-electron chi connectivity index (χ3n) is 7.18. The Morgan fingerprint density at radius 3 is 1.95 bits per heavy atom. The Labute approximate surface area is 239 Å². The Morgan fingerprint density at radius 2 is 1.29 bits per heavy atom. The second kappa shape index (κ2) is 11.6. The summed E-state index contributed by atoms with van der Waals surface area (Å²) in [5, 5.41) is 33.5. The second-order valence-corrected chi connectivity index (χ2v) is 10.0. The van der Waals surface area contributed by atoms with Crippen molar-refractivity contribution in [1.82, 2.24) is 10.2 Å². The van der Waals surface area contributed by atoms with Crippen LogP contribution < -0.4 is 5.32 Å². The van der Waals surface area contributed by atoms with E-state index in [1.807, 2.05) is 36.4 Å². The highest BCUT2D eigenvalue weighted by molar-refractivity contribution is 6.28. The van der Waals surface area contributed by atoms with Crippen LogP contribution in [-0.2, 0) is 22.6 Å². The van der Waals surface area contributed by atoms with E-state index in [2.05, 4.69) is 5.32 Å². The molecule has 1 aliphatic rings. The molecule has 2 atom stereocenters. The van der Waals surface area contributed by atoms with Gasteiger partial charge in [0.1, 0.15) is 6.04 Å². The molecule has 0 bridgehead atoms. The van der Waals surface area contributed by atoms with Crippen LogP contribution in [0.25, 0.3) is 10.8 Å². The van der Waals surface area contributed by atoms with Crippen molar-refractivity contribution in [2.45, 2.75) is 25.1 Å². The number of ketones is 2. The lowest BCUT2D eigenvalue weighted by Crippen LogP contribution is -2.51. The van der Waals surface area contributed by atoms with Gasteiger partial charge in [-0.05, 0) is 34.0 Å². The summed E-state index contributed by atoms with van der Waals surface area (Å²) in [6.07, 6.45) is -2.00. The number of nitrogens with zero attached hydrogens (tertiary/aromatic N) is 1. The van der Waals surface area contributed by atoms with Gasteiger partial charge in [0.05, 0.1) is 6.54 Å². The molecule has 10 heteroatoms. The van der Waals surface area contributed by atoms with Gasteiger partial charge in [-0.2, -0.15) is 0 Å². The number of carbonyl (C=O) groups excluding carboxylic acids is 3. The fraction of sp³-hybridized carbons (Fsp3) is 0.156. The molecule has 4 N–H and O–H groups in total. The van der Waals surface area contributed by atoms with Gasteiger partial charge in [0.15, 0.2) is 17.7 Å². The maximum atomic E-state index is 13.3. The van der Waals surface area contributed by atoms with Crippen molar-refractivity contribution in [2.75, 3.05) is 6.54 Å². The van der Waals surface area contributed by atoms with Crippen LogP contribution in [0.15, 0.2) is 84.9 Å². The molecular weight excluding hydrogens is 540 g/mol. The number of fused-ring (bicyclic) bond motifs is 3. The van der Waals surface area contributed by atoms with Crippen molar-refractivity contribution in [2.24, 2.45) is 0 Å². The number of aliphatic carboxylic acids is 2. The number of aliphatic hydroxyl groups excluding tert-OH is 1. The summed E-state index contributed by atoms with van der Waals surface area (Å²) in [6, 6.07) is 21.6. The minimum atomic E-state index is -1.95. The molecule has 0 fully saturated rings. The minimum absolute atomic E-state index is 0.0455. The fourth-order valence-corrected chi connectivity index (χ4v) is 5.01. The lowest BCUT2D eigenvalue weighted by molar-refractivity contribution is -0.147. The monoisotopic (exact) mass is 566 g/mol. The predicted molar refractivity (Wildman–Crippen MR) is 151 cm³/mol. The molecule has 0 aliphatic heterocycles. The van der Waals surface area contributed by atoms with Gasteiger partial charge in [-0.3, -0.25) is 9.59 Å². The zero-order chi connectivity index (χ0) is 30.0. The zero-order valence-corrected chi connectivity index (χ0v) is 22.2. The molecule has 0 saturated heterocycles. The van der Waals surface area contributed by atoms with E-state index in [1.165, 1.54) is 18.2 Å². The number of hydrogen-bond donors (Lipinski definition) is 4. The number of nitrogens with one attached hydrogen (secondary N) is 1. The van der Waals surface area contributed by atoms with Gasteiger partial charge in [-0.1, -0.05) is 72.8 Å². The summed E-state index contributed by atoms with van der Waals surface area (Å²) in [5.41, 5.74) is 1.92. The van der Waals surface area contributed by atoms with Crippen molar-refractivity contribution in [3.05, 3.63) is 118 Å². The highest BCUT2D eigenvalue weighted by Gasteiger charge is 2.31. The van der Waals surface area contributed by atoms with Gasteiger partial charge in [0.25, 0.3) is 0 Å². The number of amides is 2. The number of benzene rings is 4.